The van der Waals surface area contributed by atoms with E-state index in [1.165, 1.54) is 18.9 Å². The predicted octanol–water partition coefficient (Wildman–Crippen LogP) is 3.22. The molecule has 32 heavy (non-hydrogen) atoms. The number of carbonyl (C=O) groups excluding carboxylic acids is 4. The van der Waals surface area contributed by atoms with Crippen LogP contribution >= 0.6 is 0 Å². The Labute approximate surface area is 186 Å². The lowest BCUT2D eigenvalue weighted by Crippen LogP contribution is -2.48. The number of amides is 3. The fourth-order valence-electron chi connectivity index (χ4n) is 3.77. The third-order valence-electron chi connectivity index (χ3n) is 5.57. The van der Waals surface area contributed by atoms with Crippen LogP contribution in [0.1, 0.15) is 47.3 Å². The van der Waals surface area contributed by atoms with Crippen molar-refractivity contribution in [2.75, 3.05) is 19.0 Å². The van der Waals surface area contributed by atoms with Gasteiger partial charge in [0.15, 0.2) is 5.78 Å². The van der Waals surface area contributed by atoms with E-state index in [4.69, 9.17) is 0 Å². The average Bonchev–Trinajstić information content (AvgIpc) is 3.29. The molecule has 168 valence electrons. The van der Waals surface area contributed by atoms with Gasteiger partial charge in [0.05, 0.1) is 7.11 Å². The normalized spacial score (nSPS) is 16.2. The van der Waals surface area contributed by atoms with E-state index >= 15 is 0 Å². The van der Waals surface area contributed by atoms with Crippen molar-refractivity contribution in [2.24, 2.45) is 0 Å². The molecule has 0 unspecified atom stereocenters. The van der Waals surface area contributed by atoms with Crippen LogP contribution in [0.3, 0.4) is 0 Å². The third kappa shape index (κ3) is 5.14. The van der Waals surface area contributed by atoms with Gasteiger partial charge in [-0.2, -0.15) is 0 Å². The van der Waals surface area contributed by atoms with Gasteiger partial charge in [0.2, 0.25) is 5.91 Å². The van der Waals surface area contributed by atoms with Crippen LogP contribution in [0.5, 0.6) is 0 Å². The maximum absolute atomic E-state index is 13.4. The van der Waals surface area contributed by atoms with Crippen LogP contribution in [-0.2, 0) is 14.3 Å². The number of alkyl carbamates (subject to hydrolysis) is 1. The minimum Gasteiger partial charge on any atom is -0.453 e. The van der Waals surface area contributed by atoms with E-state index in [1.807, 2.05) is 13.0 Å². The van der Waals surface area contributed by atoms with Gasteiger partial charge in [0.1, 0.15) is 12.1 Å². The molecule has 0 radical (unpaired) electrons. The average molecular weight is 437 g/mol. The highest BCUT2D eigenvalue weighted by Gasteiger charge is 2.38. The zero-order valence-corrected chi connectivity index (χ0v) is 18.4. The molecule has 0 spiro atoms. The first-order valence-electron chi connectivity index (χ1n) is 10.4. The van der Waals surface area contributed by atoms with Crippen LogP contribution in [-0.4, -0.2) is 48.3 Å². The van der Waals surface area contributed by atoms with Crippen molar-refractivity contribution in [2.45, 2.75) is 38.8 Å². The van der Waals surface area contributed by atoms with Crippen molar-refractivity contribution in [3.05, 3.63) is 65.2 Å². The lowest BCUT2D eigenvalue weighted by Gasteiger charge is -2.29. The maximum Gasteiger partial charge on any atom is 0.407 e. The highest BCUT2D eigenvalue weighted by atomic mass is 16.5. The van der Waals surface area contributed by atoms with Crippen molar-refractivity contribution in [1.82, 2.24) is 10.2 Å². The number of nitrogens with zero attached hydrogens (tertiary/aromatic N) is 1. The first-order valence-corrected chi connectivity index (χ1v) is 10.4. The first-order chi connectivity index (χ1) is 15.3. The summed E-state index contributed by atoms with van der Waals surface area (Å²) in [6.45, 7) is 3.70. The highest BCUT2D eigenvalue weighted by molar-refractivity contribution is 6.01. The summed E-state index contributed by atoms with van der Waals surface area (Å²) in [5, 5.41) is 5.44. The van der Waals surface area contributed by atoms with Gasteiger partial charge < -0.3 is 20.3 Å². The number of ether oxygens (including phenoxy) is 1. The quantitative estimate of drug-likeness (QED) is 0.675. The highest BCUT2D eigenvalue weighted by Crippen LogP contribution is 2.26. The van der Waals surface area contributed by atoms with Crippen LogP contribution < -0.4 is 10.6 Å². The van der Waals surface area contributed by atoms with E-state index in [2.05, 4.69) is 15.4 Å². The van der Waals surface area contributed by atoms with Crippen molar-refractivity contribution in [3.63, 3.8) is 0 Å². The summed E-state index contributed by atoms with van der Waals surface area (Å²) in [4.78, 5) is 51.6. The molecule has 2 N–H and O–H groups in total. The SMILES string of the molecule is COC(=O)N[C@@H](C(=O)N1CCC[C@H]1C(=O)Nc1cc(C(C)=O)ccc1C)c1ccccc1. The Kier molecular flexibility index (Phi) is 7.25. The number of hydrogen-bond acceptors (Lipinski definition) is 5. The Morgan fingerprint density at radius 1 is 1.09 bits per heavy atom. The van der Waals surface area contributed by atoms with Crippen molar-refractivity contribution in [1.29, 1.82) is 0 Å². The van der Waals surface area contributed by atoms with E-state index in [9.17, 15) is 19.2 Å². The minimum atomic E-state index is -0.972. The van der Waals surface area contributed by atoms with Crippen LogP contribution in [0, 0.1) is 6.92 Å². The summed E-state index contributed by atoms with van der Waals surface area (Å²) < 4.78 is 4.68. The first kappa shape index (κ1) is 23.0. The van der Waals surface area contributed by atoms with Crippen molar-refractivity contribution < 1.29 is 23.9 Å². The van der Waals surface area contributed by atoms with E-state index in [0.29, 0.717) is 36.2 Å². The molecule has 0 aromatic heterocycles. The number of Topliss-reactive ketones (excluding diaryl/α,β-unsaturated/α-hetero) is 1. The van der Waals surface area contributed by atoms with Gasteiger partial charge in [-0.15, -0.1) is 0 Å². The van der Waals surface area contributed by atoms with Gasteiger partial charge in [0.25, 0.3) is 5.91 Å². The number of nitrogens with one attached hydrogen (secondary N) is 2. The van der Waals surface area contributed by atoms with E-state index < -0.39 is 18.2 Å². The Hall–Kier alpha value is -3.68. The van der Waals surface area contributed by atoms with Gasteiger partial charge in [-0.05, 0) is 43.9 Å². The summed E-state index contributed by atoms with van der Waals surface area (Å²) in [6.07, 6.45) is 0.433. The van der Waals surface area contributed by atoms with Crippen LogP contribution in [0.4, 0.5) is 10.5 Å². The summed E-state index contributed by atoms with van der Waals surface area (Å²) in [5.41, 5.74) is 2.44. The molecular formula is C24H27N3O5. The molecule has 8 nitrogen and oxygen atoms in total. The number of benzene rings is 2. The molecule has 0 bridgehead atoms. The maximum atomic E-state index is 13.4. The molecular weight excluding hydrogens is 410 g/mol. The van der Waals surface area contributed by atoms with Crippen molar-refractivity contribution >= 4 is 29.4 Å². The zero-order valence-electron chi connectivity index (χ0n) is 18.4. The fourth-order valence-corrected chi connectivity index (χ4v) is 3.77. The second kappa shape index (κ2) is 10.1. The lowest BCUT2D eigenvalue weighted by molar-refractivity contribution is -0.138. The Morgan fingerprint density at radius 3 is 2.47 bits per heavy atom. The number of rotatable bonds is 6. The lowest BCUT2D eigenvalue weighted by atomic mass is 10.0. The largest absolute Gasteiger partial charge is 0.453 e. The Morgan fingerprint density at radius 2 is 1.81 bits per heavy atom. The molecule has 2 aromatic rings. The molecule has 8 heteroatoms. The monoisotopic (exact) mass is 437 g/mol. The predicted molar refractivity (Wildman–Crippen MR) is 119 cm³/mol. The van der Waals surface area contributed by atoms with E-state index in [1.54, 1.807) is 42.5 Å². The van der Waals surface area contributed by atoms with Gasteiger partial charge in [-0.3, -0.25) is 14.4 Å². The summed E-state index contributed by atoms with van der Waals surface area (Å²) in [6, 6.07) is 12.3. The summed E-state index contributed by atoms with van der Waals surface area (Å²) in [5.74, 6) is -0.809. The third-order valence-corrected chi connectivity index (χ3v) is 5.57. The van der Waals surface area contributed by atoms with E-state index in [0.717, 1.165) is 5.56 Å². The molecule has 0 saturated carbocycles. The minimum absolute atomic E-state index is 0.0993. The van der Waals surface area contributed by atoms with Crippen LogP contribution in [0.25, 0.3) is 0 Å². The fraction of sp³-hybridized carbons (Fsp3) is 0.333. The molecule has 0 aliphatic carbocycles. The van der Waals surface area contributed by atoms with Gasteiger partial charge in [-0.25, -0.2) is 4.79 Å². The van der Waals surface area contributed by atoms with Gasteiger partial charge in [0, 0.05) is 17.8 Å². The number of ketones is 1. The smallest absolute Gasteiger partial charge is 0.407 e. The molecule has 1 aliphatic rings. The molecule has 1 fully saturated rings. The second-order valence-corrected chi connectivity index (χ2v) is 7.74. The number of aryl methyl sites for hydroxylation is 1. The standard InChI is InChI=1S/C24H27N3O5/c1-15-11-12-18(16(2)28)14-19(15)25-22(29)20-10-7-13-27(20)23(30)21(26-24(31)32-3)17-8-5-4-6-9-17/h4-6,8-9,11-12,14,20-21H,7,10,13H2,1-3H3,(H,25,29)(H,26,31)/t20-,21+/m0/s1. The number of anilines is 1. The van der Waals surface area contributed by atoms with E-state index in [-0.39, 0.29) is 17.6 Å². The number of likely N-dealkylation sites (tertiary alicyclic amines) is 1. The molecule has 2 atom stereocenters. The summed E-state index contributed by atoms with van der Waals surface area (Å²) >= 11 is 0. The van der Waals surface area contributed by atoms with Gasteiger partial charge >= 0.3 is 6.09 Å². The van der Waals surface area contributed by atoms with Gasteiger partial charge in [-0.1, -0.05) is 42.5 Å². The zero-order chi connectivity index (χ0) is 23.3. The van der Waals surface area contributed by atoms with Crippen molar-refractivity contribution in [3.8, 4) is 0 Å². The molecule has 1 saturated heterocycles. The topological polar surface area (TPSA) is 105 Å². The Bertz CT molecular complexity index is 1020. The van der Waals surface area contributed by atoms with Crippen LogP contribution in [0.15, 0.2) is 48.5 Å². The molecule has 1 aliphatic heterocycles. The summed E-state index contributed by atoms with van der Waals surface area (Å²) in [7, 11) is 1.23. The second-order valence-electron chi connectivity index (χ2n) is 7.74. The number of carbonyl (C=O) groups is 4. The number of methoxy groups -OCH3 is 1. The number of hydrogen-bond donors (Lipinski definition) is 2. The molecule has 3 amide bonds. The Balaban J connectivity index is 1.82. The molecule has 3 rings (SSSR count). The molecule has 2 aromatic carbocycles. The van der Waals surface area contributed by atoms with Crippen LogP contribution in [0.2, 0.25) is 0 Å². The molecule has 1 heterocycles.